The van der Waals surface area contributed by atoms with Gasteiger partial charge in [-0.1, -0.05) is 42.5 Å². The molecule has 2 fully saturated rings. The number of ether oxygens (including phenoxy) is 1. The fraction of sp³-hybridized carbons (Fsp3) is 0.435. The molecule has 9 heteroatoms. The molecule has 32 heavy (non-hydrogen) atoms. The van der Waals surface area contributed by atoms with Gasteiger partial charge in [0.25, 0.3) is 0 Å². The number of piperazine rings is 1. The second-order valence-corrected chi connectivity index (χ2v) is 11.0. The smallest absolute Gasteiger partial charge is 0.303 e. The highest BCUT2D eigenvalue weighted by atomic mass is 79.9. The molecule has 0 bridgehead atoms. The zero-order valence-corrected chi connectivity index (χ0v) is 20.5. The molecule has 0 aliphatic carbocycles. The molecule has 0 radical (unpaired) electrons. The van der Waals surface area contributed by atoms with Gasteiger partial charge >= 0.3 is 5.97 Å². The Morgan fingerprint density at radius 1 is 1.00 bits per heavy atom. The van der Waals surface area contributed by atoms with Crippen LogP contribution < -0.4 is 0 Å². The summed E-state index contributed by atoms with van der Waals surface area (Å²) in [4.78, 5) is 16.6. The van der Waals surface area contributed by atoms with Crippen molar-refractivity contribution in [3.63, 3.8) is 0 Å². The number of carbonyl (C=O) groups excluding carboxylic acids is 1. The van der Waals surface area contributed by atoms with Crippen LogP contribution in [0.25, 0.3) is 0 Å². The maximum atomic E-state index is 13.1. The number of nitrogens with zero attached hydrogens (tertiary/aromatic N) is 3. The summed E-state index contributed by atoms with van der Waals surface area (Å²) in [6, 6.07) is 17.2. The molecule has 0 saturated carbocycles. The van der Waals surface area contributed by atoms with Crippen molar-refractivity contribution in [2.45, 2.75) is 30.5 Å². The van der Waals surface area contributed by atoms with E-state index in [-0.39, 0.29) is 18.1 Å². The Morgan fingerprint density at radius 2 is 1.66 bits per heavy atom. The highest BCUT2D eigenvalue weighted by Gasteiger charge is 2.41. The minimum Gasteiger partial charge on any atom is -0.459 e. The fourth-order valence-electron chi connectivity index (χ4n) is 4.55. The monoisotopic (exact) mass is 521 g/mol. The Morgan fingerprint density at radius 3 is 2.31 bits per heavy atom. The minimum absolute atomic E-state index is 0.0518. The molecule has 0 unspecified atom stereocenters. The molecular formula is C23H28BrN3O4S. The van der Waals surface area contributed by atoms with E-state index in [0.717, 1.165) is 13.1 Å². The number of rotatable bonds is 6. The summed E-state index contributed by atoms with van der Waals surface area (Å²) in [5, 5.41) is 0. The fourth-order valence-corrected chi connectivity index (χ4v) is 6.94. The van der Waals surface area contributed by atoms with Crippen LogP contribution in [0, 0.1) is 0 Å². The van der Waals surface area contributed by atoms with E-state index in [2.05, 4.69) is 37.9 Å². The quantitative estimate of drug-likeness (QED) is 0.544. The van der Waals surface area contributed by atoms with E-state index >= 15 is 0 Å². The van der Waals surface area contributed by atoms with Crippen LogP contribution in [0.5, 0.6) is 0 Å². The van der Waals surface area contributed by atoms with Gasteiger partial charge < -0.3 is 4.74 Å². The summed E-state index contributed by atoms with van der Waals surface area (Å²) in [5.41, 5.74) is 1.22. The second-order valence-electron chi connectivity index (χ2n) is 8.27. The van der Waals surface area contributed by atoms with Gasteiger partial charge in [-0.15, -0.1) is 0 Å². The molecule has 7 nitrogen and oxygen atoms in total. The average Bonchev–Trinajstić information content (AvgIpc) is 3.16. The topological polar surface area (TPSA) is 70.2 Å². The Kier molecular flexibility index (Phi) is 7.31. The SMILES string of the molecule is CC(=O)O[C@@H]1CN(Cc2ccccc2)C[C@H]1N1CCN(S(=O)(=O)c2ccccc2Br)CC1. The first-order chi connectivity index (χ1) is 15.3. The molecule has 2 aliphatic rings. The van der Waals surface area contributed by atoms with E-state index in [4.69, 9.17) is 4.74 Å². The Hall–Kier alpha value is -1.78. The lowest BCUT2D eigenvalue weighted by molar-refractivity contribution is -0.148. The summed E-state index contributed by atoms with van der Waals surface area (Å²) in [5.74, 6) is -0.281. The molecule has 2 aromatic carbocycles. The third-order valence-corrected chi connectivity index (χ3v) is 8.99. The molecule has 4 rings (SSSR count). The number of likely N-dealkylation sites (tertiary alicyclic amines) is 1. The van der Waals surface area contributed by atoms with E-state index in [1.165, 1.54) is 12.5 Å². The number of sulfonamides is 1. The number of esters is 1. The third-order valence-electron chi connectivity index (χ3n) is 6.08. The summed E-state index contributed by atoms with van der Waals surface area (Å²) >= 11 is 3.36. The predicted molar refractivity (Wildman–Crippen MR) is 126 cm³/mol. The molecule has 0 N–H and O–H groups in total. The van der Waals surface area contributed by atoms with E-state index in [9.17, 15) is 13.2 Å². The van der Waals surface area contributed by atoms with Crippen LogP contribution in [-0.2, 0) is 26.1 Å². The van der Waals surface area contributed by atoms with Gasteiger partial charge in [0.2, 0.25) is 10.0 Å². The van der Waals surface area contributed by atoms with Gasteiger partial charge in [-0.2, -0.15) is 4.31 Å². The van der Waals surface area contributed by atoms with E-state index in [1.54, 1.807) is 28.6 Å². The molecular weight excluding hydrogens is 494 g/mol. The van der Waals surface area contributed by atoms with E-state index in [1.807, 2.05) is 18.2 Å². The highest BCUT2D eigenvalue weighted by Crippen LogP contribution is 2.27. The van der Waals surface area contributed by atoms with Gasteiger partial charge in [0, 0.05) is 57.2 Å². The van der Waals surface area contributed by atoms with Crippen molar-refractivity contribution in [3.8, 4) is 0 Å². The molecule has 0 amide bonds. The molecule has 2 heterocycles. The van der Waals surface area contributed by atoms with Crippen molar-refractivity contribution in [1.29, 1.82) is 0 Å². The van der Waals surface area contributed by atoms with Crippen LogP contribution in [0.3, 0.4) is 0 Å². The predicted octanol–water partition coefficient (Wildman–Crippen LogP) is 2.57. The Balaban J connectivity index is 1.42. The summed E-state index contributed by atoms with van der Waals surface area (Å²) in [7, 11) is -3.56. The van der Waals surface area contributed by atoms with E-state index < -0.39 is 10.0 Å². The van der Waals surface area contributed by atoms with Gasteiger partial charge in [0.05, 0.1) is 10.9 Å². The lowest BCUT2D eigenvalue weighted by atomic mass is 10.1. The van der Waals surface area contributed by atoms with Crippen molar-refractivity contribution in [1.82, 2.24) is 14.1 Å². The molecule has 2 aromatic rings. The summed E-state index contributed by atoms with van der Waals surface area (Å²) in [6.45, 7) is 5.72. The first kappa shape index (κ1) is 23.4. The van der Waals surface area contributed by atoms with Gasteiger partial charge in [-0.05, 0) is 33.6 Å². The van der Waals surface area contributed by atoms with Gasteiger partial charge in [-0.3, -0.25) is 14.6 Å². The first-order valence-electron chi connectivity index (χ1n) is 10.8. The molecule has 172 valence electrons. The van der Waals surface area contributed by atoms with Crippen molar-refractivity contribution < 1.29 is 17.9 Å². The number of carbonyl (C=O) groups is 1. The highest BCUT2D eigenvalue weighted by molar-refractivity contribution is 9.10. The minimum atomic E-state index is -3.56. The standard InChI is InChI=1S/C23H28BrN3O4S/c1-18(28)31-22-17-25(15-19-7-3-2-4-8-19)16-21(22)26-11-13-27(14-12-26)32(29,30)23-10-6-5-9-20(23)24/h2-10,21-22H,11-17H2,1H3/t21-,22-/m1/s1. The summed E-state index contributed by atoms with van der Waals surface area (Å²) in [6.07, 6.45) is -0.220. The van der Waals surface area contributed by atoms with E-state index in [0.29, 0.717) is 42.1 Å². The van der Waals surface area contributed by atoms with Crippen LogP contribution in [-0.4, -0.2) is 79.9 Å². The van der Waals surface area contributed by atoms with Crippen molar-refractivity contribution in [2.24, 2.45) is 0 Å². The molecule has 0 aromatic heterocycles. The maximum Gasteiger partial charge on any atom is 0.303 e. The lowest BCUT2D eigenvalue weighted by Crippen LogP contribution is -2.55. The number of hydrogen-bond acceptors (Lipinski definition) is 6. The Bertz CT molecular complexity index is 1040. The number of hydrogen-bond donors (Lipinski definition) is 0. The second kappa shape index (κ2) is 10.0. The first-order valence-corrected chi connectivity index (χ1v) is 13.0. The third kappa shape index (κ3) is 5.23. The van der Waals surface area contributed by atoms with Crippen LogP contribution in [0.2, 0.25) is 0 Å². The summed E-state index contributed by atoms with van der Waals surface area (Å²) < 4.78 is 34.0. The van der Waals surface area contributed by atoms with Crippen molar-refractivity contribution in [3.05, 3.63) is 64.6 Å². The largest absolute Gasteiger partial charge is 0.459 e. The maximum absolute atomic E-state index is 13.1. The molecule has 0 spiro atoms. The van der Waals surface area contributed by atoms with Gasteiger partial charge in [0.15, 0.2) is 0 Å². The molecule has 2 atom stereocenters. The normalized spacial score (nSPS) is 23.3. The van der Waals surface area contributed by atoms with Crippen LogP contribution >= 0.6 is 15.9 Å². The zero-order valence-electron chi connectivity index (χ0n) is 18.1. The van der Waals surface area contributed by atoms with Crippen LogP contribution in [0.15, 0.2) is 64.0 Å². The zero-order chi connectivity index (χ0) is 22.7. The molecule has 2 aliphatic heterocycles. The van der Waals surface area contributed by atoms with Gasteiger partial charge in [-0.25, -0.2) is 8.42 Å². The molecule has 2 saturated heterocycles. The van der Waals surface area contributed by atoms with Crippen molar-refractivity contribution in [2.75, 3.05) is 39.3 Å². The number of halogens is 1. The average molecular weight is 522 g/mol. The number of benzene rings is 2. The Labute approximate surface area is 198 Å². The lowest BCUT2D eigenvalue weighted by Gasteiger charge is -2.38. The van der Waals surface area contributed by atoms with Crippen molar-refractivity contribution >= 4 is 31.9 Å². The van der Waals surface area contributed by atoms with Crippen LogP contribution in [0.4, 0.5) is 0 Å². The van der Waals surface area contributed by atoms with Crippen LogP contribution in [0.1, 0.15) is 12.5 Å². The van der Waals surface area contributed by atoms with Gasteiger partial charge in [0.1, 0.15) is 6.10 Å².